The molecule has 9 heteroatoms. The first-order chi connectivity index (χ1) is 14.9. The number of carbonyl (C=O) groups is 2. The maximum atomic E-state index is 13.2. The van der Waals surface area contributed by atoms with Gasteiger partial charge in [-0.15, -0.1) is 0 Å². The molecule has 166 valence electrons. The first-order valence-corrected chi connectivity index (χ1v) is 10.4. The Balaban J connectivity index is 1.55. The molecule has 3 rings (SSSR count). The van der Waals surface area contributed by atoms with Crippen LogP contribution < -0.4 is 15.8 Å². The second-order valence-corrected chi connectivity index (χ2v) is 7.91. The minimum atomic E-state index is -0.764. The van der Waals surface area contributed by atoms with E-state index < -0.39 is 6.03 Å². The summed E-state index contributed by atoms with van der Waals surface area (Å²) in [4.78, 5) is 25.5. The highest BCUT2D eigenvalue weighted by Crippen LogP contribution is 2.33. The van der Waals surface area contributed by atoms with Crippen LogP contribution >= 0.6 is 11.6 Å². The van der Waals surface area contributed by atoms with Crippen molar-refractivity contribution in [1.82, 2.24) is 4.90 Å². The lowest BCUT2D eigenvalue weighted by atomic mass is 9.80. The lowest BCUT2D eigenvalue weighted by molar-refractivity contribution is -0.134. The third-order valence-electron chi connectivity index (χ3n) is 5.51. The molecule has 0 aliphatic carbocycles. The molecule has 0 bridgehead atoms. The summed E-state index contributed by atoms with van der Waals surface area (Å²) in [7, 11) is 0. The molecule has 1 aliphatic rings. The number of carbonyl (C=O) groups excluding carboxylic acids is 2. The van der Waals surface area contributed by atoms with Gasteiger partial charge in [0.1, 0.15) is 11.6 Å². The molecule has 2 aromatic rings. The van der Waals surface area contributed by atoms with Gasteiger partial charge in [0.25, 0.3) is 5.91 Å². The van der Waals surface area contributed by atoms with Crippen LogP contribution in [0.25, 0.3) is 0 Å². The van der Waals surface area contributed by atoms with Crippen molar-refractivity contribution in [2.75, 3.05) is 31.6 Å². The van der Waals surface area contributed by atoms with E-state index in [4.69, 9.17) is 22.1 Å². The van der Waals surface area contributed by atoms with E-state index in [0.29, 0.717) is 23.9 Å². The topological polar surface area (TPSA) is 105 Å². The number of nitrogens with two attached hydrogens (primary N) is 1. The molecule has 0 saturated carbocycles. The van der Waals surface area contributed by atoms with Crippen LogP contribution in [0.3, 0.4) is 0 Å². The van der Waals surface area contributed by atoms with Gasteiger partial charge in [-0.2, -0.15) is 0 Å². The zero-order chi connectivity index (χ0) is 22.4. The highest BCUT2D eigenvalue weighted by atomic mass is 35.5. The Hall–Kier alpha value is -2.84. The predicted molar refractivity (Wildman–Crippen MR) is 116 cm³/mol. The van der Waals surface area contributed by atoms with Crippen LogP contribution in [0, 0.1) is 11.7 Å². The van der Waals surface area contributed by atoms with E-state index in [0.717, 1.165) is 18.4 Å². The summed E-state index contributed by atoms with van der Waals surface area (Å²) >= 11 is 5.93. The van der Waals surface area contributed by atoms with E-state index in [1.807, 2.05) is 0 Å². The molecular formula is C22H25ClFN3O4. The molecule has 1 saturated heterocycles. The Morgan fingerprint density at radius 2 is 1.90 bits per heavy atom. The van der Waals surface area contributed by atoms with Gasteiger partial charge in [0, 0.05) is 24.0 Å². The molecule has 1 atom stereocenters. The second-order valence-electron chi connectivity index (χ2n) is 7.48. The van der Waals surface area contributed by atoms with E-state index in [1.54, 1.807) is 29.2 Å². The number of hydrogen-bond acceptors (Lipinski definition) is 4. The Labute approximate surface area is 184 Å². The van der Waals surface area contributed by atoms with Crippen molar-refractivity contribution in [3.63, 3.8) is 0 Å². The van der Waals surface area contributed by atoms with Crippen LogP contribution in [-0.4, -0.2) is 48.2 Å². The van der Waals surface area contributed by atoms with Crippen LogP contribution in [0.1, 0.15) is 24.3 Å². The van der Waals surface area contributed by atoms with Gasteiger partial charge in [-0.3, -0.25) is 4.79 Å². The summed E-state index contributed by atoms with van der Waals surface area (Å²) < 4.78 is 18.8. The number of halogens is 2. The maximum absolute atomic E-state index is 13.2. The lowest BCUT2D eigenvalue weighted by Gasteiger charge is -2.35. The summed E-state index contributed by atoms with van der Waals surface area (Å²) in [5, 5.41) is 12.7. The molecule has 2 aromatic carbocycles. The molecule has 1 fully saturated rings. The number of piperidine rings is 1. The van der Waals surface area contributed by atoms with Crippen LogP contribution in [0.5, 0.6) is 5.75 Å². The Kier molecular flexibility index (Phi) is 7.70. The van der Waals surface area contributed by atoms with Crippen molar-refractivity contribution in [1.29, 1.82) is 0 Å². The number of ether oxygens (including phenoxy) is 1. The average molecular weight is 450 g/mol. The summed E-state index contributed by atoms with van der Waals surface area (Å²) in [5.41, 5.74) is 6.34. The van der Waals surface area contributed by atoms with Crippen LogP contribution in [-0.2, 0) is 4.79 Å². The van der Waals surface area contributed by atoms with Crippen molar-refractivity contribution >= 4 is 29.2 Å². The molecule has 3 amide bonds. The number of primary amides is 1. The third-order valence-corrected chi connectivity index (χ3v) is 5.74. The van der Waals surface area contributed by atoms with Gasteiger partial charge in [-0.25, -0.2) is 9.18 Å². The molecule has 7 nitrogen and oxygen atoms in total. The van der Waals surface area contributed by atoms with Crippen molar-refractivity contribution in [3.8, 4) is 5.75 Å². The highest BCUT2D eigenvalue weighted by molar-refractivity contribution is 6.31. The predicted octanol–water partition coefficient (Wildman–Crippen LogP) is 3.36. The summed E-state index contributed by atoms with van der Waals surface area (Å²) in [5.74, 6) is -0.0896. The number of aliphatic hydroxyl groups is 1. The van der Waals surface area contributed by atoms with Gasteiger partial charge in [0.2, 0.25) is 0 Å². The normalized spacial score (nSPS) is 15.4. The number of aliphatic hydroxyl groups excluding tert-OH is 1. The number of likely N-dealkylation sites (tertiary alicyclic amines) is 1. The van der Waals surface area contributed by atoms with E-state index in [-0.39, 0.29) is 42.5 Å². The second kappa shape index (κ2) is 10.5. The van der Waals surface area contributed by atoms with E-state index in [2.05, 4.69) is 5.32 Å². The fourth-order valence-corrected chi connectivity index (χ4v) is 4.05. The maximum Gasteiger partial charge on any atom is 0.316 e. The Bertz CT molecular complexity index is 917. The zero-order valence-electron chi connectivity index (χ0n) is 16.9. The average Bonchev–Trinajstić information content (AvgIpc) is 2.75. The molecule has 31 heavy (non-hydrogen) atoms. The van der Waals surface area contributed by atoms with Crippen molar-refractivity contribution in [2.45, 2.75) is 18.8 Å². The number of nitrogens with one attached hydrogen (secondary N) is 1. The molecule has 1 heterocycles. The van der Waals surface area contributed by atoms with Gasteiger partial charge in [-0.1, -0.05) is 23.7 Å². The fraction of sp³-hybridized carbons (Fsp3) is 0.364. The van der Waals surface area contributed by atoms with Crippen molar-refractivity contribution < 1.29 is 23.8 Å². The summed E-state index contributed by atoms with van der Waals surface area (Å²) in [6.07, 6.45) is 1.45. The molecular weight excluding hydrogens is 425 g/mol. The number of urea groups is 1. The quantitative estimate of drug-likeness (QED) is 0.602. The number of benzene rings is 2. The van der Waals surface area contributed by atoms with Crippen molar-refractivity contribution in [3.05, 3.63) is 58.9 Å². The van der Waals surface area contributed by atoms with E-state index in [1.165, 1.54) is 18.2 Å². The number of anilines is 1. The van der Waals surface area contributed by atoms with E-state index in [9.17, 15) is 19.1 Å². The number of rotatable bonds is 7. The van der Waals surface area contributed by atoms with Gasteiger partial charge >= 0.3 is 6.03 Å². The Morgan fingerprint density at radius 1 is 1.23 bits per heavy atom. The first-order valence-electron chi connectivity index (χ1n) is 10.00. The minimum absolute atomic E-state index is 0.0282. The van der Waals surface area contributed by atoms with Gasteiger partial charge < -0.3 is 25.8 Å². The van der Waals surface area contributed by atoms with Crippen LogP contribution in [0.2, 0.25) is 5.02 Å². The van der Waals surface area contributed by atoms with Gasteiger partial charge in [0.15, 0.2) is 6.61 Å². The van der Waals surface area contributed by atoms with Crippen molar-refractivity contribution in [2.24, 2.45) is 11.7 Å². The molecule has 1 unspecified atom stereocenters. The summed E-state index contributed by atoms with van der Waals surface area (Å²) in [6, 6.07) is 10.1. The van der Waals surface area contributed by atoms with E-state index >= 15 is 0 Å². The monoisotopic (exact) mass is 449 g/mol. The smallest absolute Gasteiger partial charge is 0.316 e. The Morgan fingerprint density at radius 3 is 2.52 bits per heavy atom. The number of hydrogen-bond donors (Lipinski definition) is 3. The molecule has 0 spiro atoms. The summed E-state index contributed by atoms with van der Waals surface area (Å²) in [6.45, 7) is 0.857. The zero-order valence-corrected chi connectivity index (χ0v) is 17.6. The largest absolute Gasteiger partial charge is 0.482 e. The number of amides is 3. The lowest BCUT2D eigenvalue weighted by Crippen LogP contribution is -2.42. The third kappa shape index (κ3) is 6.08. The standard InChI is InChI=1S/C22H25ClFN3O4/c23-16-3-6-20(19(11-16)26-22(25)30)31-13-21(29)27-9-7-15(8-10-27)18(12-28)14-1-4-17(24)5-2-14/h1-6,11,15,18,28H,7-10,12-13H2,(H3,25,26,30). The SMILES string of the molecule is NC(=O)Nc1cc(Cl)ccc1OCC(=O)N1CCC(C(CO)c2ccc(F)cc2)CC1. The minimum Gasteiger partial charge on any atom is -0.482 e. The van der Waals surface area contributed by atoms with Gasteiger partial charge in [0.05, 0.1) is 12.3 Å². The molecule has 0 radical (unpaired) electrons. The first kappa shape index (κ1) is 22.8. The molecule has 4 N–H and O–H groups in total. The van der Waals surface area contributed by atoms with Crippen LogP contribution in [0.4, 0.5) is 14.9 Å². The highest BCUT2D eigenvalue weighted by Gasteiger charge is 2.29. The van der Waals surface area contributed by atoms with Gasteiger partial charge in [-0.05, 0) is 54.7 Å². The molecule has 0 aromatic heterocycles. The molecule has 1 aliphatic heterocycles. The fourth-order valence-electron chi connectivity index (χ4n) is 3.88. The van der Waals surface area contributed by atoms with Crippen LogP contribution in [0.15, 0.2) is 42.5 Å². The number of nitrogens with zero attached hydrogens (tertiary/aromatic N) is 1.